The van der Waals surface area contributed by atoms with E-state index in [2.05, 4.69) is 153 Å². The first kappa shape index (κ1) is 27.9. The minimum Gasteiger partial charge on any atom is -0.135 e. The van der Waals surface area contributed by atoms with Crippen LogP contribution in [0.1, 0.15) is 47.4 Å². The highest BCUT2D eigenvalue weighted by Gasteiger charge is 2.32. The molecule has 3 aliphatic rings. The number of rotatable bonds is 4. The molecule has 1 aliphatic heterocycles. The Morgan fingerprint density at radius 3 is 2.33 bits per heavy atom. The Bertz CT molecular complexity index is 2310. The number of thiophene rings is 1. The quantitative estimate of drug-likeness (QED) is 0.188. The summed E-state index contributed by atoms with van der Waals surface area (Å²) >= 11 is 3.95. The van der Waals surface area contributed by atoms with Crippen LogP contribution in [-0.2, 0) is 0 Å². The molecule has 9 rings (SSSR count). The third-order valence-corrected chi connectivity index (χ3v) is 12.7. The lowest BCUT2D eigenvalue weighted by Crippen LogP contribution is -2.06. The standard InChI is InChI=1S/C44H34S2/c1-27-24-31(35-14-8-16-39-37-12-3-5-18-41(37)45-43(35)39)20-22-33(27)29-10-7-11-30(26-29)34-23-21-32(25-28(34)2)36-15-9-17-40-38-13-4-6-19-42(38)46-44(36)40/h3-24,26,32,37,41H,25H2,1-2H3. The zero-order valence-corrected chi connectivity index (χ0v) is 27.7. The lowest BCUT2D eigenvalue weighted by Gasteiger charge is -2.22. The molecule has 46 heavy (non-hydrogen) atoms. The van der Waals surface area contributed by atoms with Crippen LogP contribution in [0.25, 0.3) is 48.0 Å². The van der Waals surface area contributed by atoms with Gasteiger partial charge in [-0.1, -0.05) is 133 Å². The van der Waals surface area contributed by atoms with Crippen molar-refractivity contribution < 1.29 is 0 Å². The molecule has 0 fully saturated rings. The molecule has 6 aromatic rings. The first-order chi connectivity index (χ1) is 22.6. The van der Waals surface area contributed by atoms with E-state index in [9.17, 15) is 0 Å². The number of aryl methyl sites for hydroxylation is 1. The zero-order valence-electron chi connectivity index (χ0n) is 26.0. The van der Waals surface area contributed by atoms with Crippen molar-refractivity contribution in [1.29, 1.82) is 0 Å². The van der Waals surface area contributed by atoms with Gasteiger partial charge in [-0.05, 0) is 82.5 Å². The van der Waals surface area contributed by atoms with Gasteiger partial charge >= 0.3 is 0 Å². The van der Waals surface area contributed by atoms with Crippen LogP contribution in [0.4, 0.5) is 0 Å². The number of allylic oxidation sites excluding steroid dienone is 7. The maximum absolute atomic E-state index is 2.44. The molecule has 0 saturated carbocycles. The summed E-state index contributed by atoms with van der Waals surface area (Å²) in [6.45, 7) is 4.58. The summed E-state index contributed by atoms with van der Waals surface area (Å²) < 4.78 is 2.80. The van der Waals surface area contributed by atoms with Gasteiger partial charge in [0.1, 0.15) is 0 Å². The Kier molecular flexibility index (Phi) is 6.77. The summed E-state index contributed by atoms with van der Waals surface area (Å²) in [7, 11) is 0. The van der Waals surface area contributed by atoms with Gasteiger partial charge < -0.3 is 0 Å². The zero-order chi connectivity index (χ0) is 30.8. The van der Waals surface area contributed by atoms with Gasteiger partial charge in [-0.25, -0.2) is 0 Å². The van der Waals surface area contributed by atoms with Crippen LogP contribution in [0.2, 0.25) is 0 Å². The lowest BCUT2D eigenvalue weighted by atomic mass is 9.83. The van der Waals surface area contributed by atoms with Crippen molar-refractivity contribution in [2.75, 3.05) is 0 Å². The number of fused-ring (bicyclic) bond motifs is 6. The van der Waals surface area contributed by atoms with Crippen LogP contribution in [0.15, 0.2) is 150 Å². The molecule has 0 radical (unpaired) electrons. The normalized spacial score (nSPS) is 20.1. The van der Waals surface area contributed by atoms with Gasteiger partial charge in [0.25, 0.3) is 0 Å². The maximum atomic E-state index is 2.44. The third kappa shape index (κ3) is 4.58. The van der Waals surface area contributed by atoms with E-state index in [1.807, 2.05) is 23.1 Å². The second-order valence-corrected chi connectivity index (χ2v) is 15.1. The van der Waals surface area contributed by atoms with Crippen LogP contribution in [0.5, 0.6) is 0 Å². The first-order valence-electron chi connectivity index (χ1n) is 16.3. The largest absolute Gasteiger partial charge is 0.135 e. The summed E-state index contributed by atoms with van der Waals surface area (Å²) in [5, 5.41) is 3.27. The maximum Gasteiger partial charge on any atom is 0.0393 e. The Hall–Kier alpha value is -4.37. The van der Waals surface area contributed by atoms with Crippen LogP contribution < -0.4 is 0 Å². The molecule has 5 aromatic carbocycles. The van der Waals surface area contributed by atoms with Crippen molar-refractivity contribution >= 4 is 48.8 Å². The van der Waals surface area contributed by atoms with Crippen molar-refractivity contribution in [2.24, 2.45) is 0 Å². The second kappa shape index (κ2) is 11.2. The molecule has 0 amide bonds. The summed E-state index contributed by atoms with van der Waals surface area (Å²) in [6, 6.07) is 38.7. The average Bonchev–Trinajstić information content (AvgIpc) is 3.67. The smallest absolute Gasteiger partial charge is 0.0393 e. The monoisotopic (exact) mass is 626 g/mol. The van der Waals surface area contributed by atoms with Crippen LogP contribution in [0.3, 0.4) is 0 Å². The molecule has 3 atom stereocenters. The van der Waals surface area contributed by atoms with E-state index in [0.29, 0.717) is 17.1 Å². The molecule has 3 unspecified atom stereocenters. The molecule has 0 N–H and O–H groups in total. The SMILES string of the molecule is CC1=C(c2cccc(-c3ccc(-c4cccc5c4SC4C=CC=CC54)cc3C)c2)C=CC(c2cccc3c2sc2ccccc23)C1. The van der Waals surface area contributed by atoms with E-state index in [1.54, 1.807) is 0 Å². The molecule has 1 aromatic heterocycles. The van der Waals surface area contributed by atoms with E-state index in [1.165, 1.54) is 80.7 Å². The van der Waals surface area contributed by atoms with E-state index >= 15 is 0 Å². The Morgan fingerprint density at radius 2 is 1.41 bits per heavy atom. The summed E-state index contributed by atoms with van der Waals surface area (Å²) in [5.41, 5.74) is 13.6. The minimum atomic E-state index is 0.395. The van der Waals surface area contributed by atoms with Gasteiger partial charge in [0.15, 0.2) is 0 Å². The minimum absolute atomic E-state index is 0.395. The van der Waals surface area contributed by atoms with Crippen molar-refractivity contribution in [3.63, 3.8) is 0 Å². The fourth-order valence-electron chi connectivity index (χ4n) is 7.78. The van der Waals surface area contributed by atoms with Gasteiger partial charge in [-0.2, -0.15) is 0 Å². The summed E-state index contributed by atoms with van der Waals surface area (Å²) in [6.07, 6.45) is 15.0. The molecule has 2 heterocycles. The fraction of sp³-hybridized carbons (Fsp3) is 0.136. The van der Waals surface area contributed by atoms with E-state index in [-0.39, 0.29) is 0 Å². The summed E-state index contributed by atoms with van der Waals surface area (Å²) in [4.78, 5) is 1.44. The molecule has 2 heteroatoms. The van der Waals surface area contributed by atoms with E-state index in [0.717, 1.165) is 6.42 Å². The molecule has 222 valence electrons. The van der Waals surface area contributed by atoms with Gasteiger partial charge in [0, 0.05) is 42.2 Å². The Balaban J connectivity index is 1.01. The van der Waals surface area contributed by atoms with Crippen LogP contribution in [-0.4, -0.2) is 5.25 Å². The molecular formula is C44H34S2. The predicted molar refractivity (Wildman–Crippen MR) is 201 cm³/mol. The molecule has 2 aliphatic carbocycles. The fourth-order valence-corrected chi connectivity index (χ4v) is 10.5. The predicted octanol–water partition coefficient (Wildman–Crippen LogP) is 12.9. The molecule has 0 spiro atoms. The highest BCUT2D eigenvalue weighted by atomic mass is 32.2. The van der Waals surface area contributed by atoms with E-state index in [4.69, 9.17) is 0 Å². The number of hydrogen-bond acceptors (Lipinski definition) is 2. The Labute approximate surface area is 279 Å². The highest BCUT2D eigenvalue weighted by molar-refractivity contribution is 8.00. The molecular weight excluding hydrogens is 593 g/mol. The first-order valence-corrected chi connectivity index (χ1v) is 18.0. The Morgan fingerprint density at radius 1 is 0.630 bits per heavy atom. The van der Waals surface area contributed by atoms with Gasteiger partial charge in [0.2, 0.25) is 0 Å². The number of benzene rings is 5. The van der Waals surface area contributed by atoms with Crippen molar-refractivity contribution in [2.45, 2.75) is 42.2 Å². The topological polar surface area (TPSA) is 0 Å². The second-order valence-electron chi connectivity index (χ2n) is 12.9. The van der Waals surface area contributed by atoms with Gasteiger partial charge in [-0.3, -0.25) is 0 Å². The average molecular weight is 627 g/mol. The van der Waals surface area contributed by atoms with Crippen molar-refractivity contribution in [3.8, 4) is 22.3 Å². The number of thioether (sulfide) groups is 1. The van der Waals surface area contributed by atoms with E-state index < -0.39 is 0 Å². The van der Waals surface area contributed by atoms with Crippen molar-refractivity contribution in [1.82, 2.24) is 0 Å². The van der Waals surface area contributed by atoms with Crippen LogP contribution in [0, 0.1) is 6.92 Å². The number of hydrogen-bond donors (Lipinski definition) is 0. The lowest BCUT2D eigenvalue weighted by molar-refractivity contribution is 0.825. The highest BCUT2D eigenvalue weighted by Crippen LogP contribution is 2.52. The molecule has 0 saturated heterocycles. The summed E-state index contributed by atoms with van der Waals surface area (Å²) in [5.74, 6) is 0.881. The van der Waals surface area contributed by atoms with Crippen molar-refractivity contribution in [3.05, 3.63) is 167 Å². The molecule has 0 bridgehead atoms. The third-order valence-electron chi connectivity index (χ3n) is 10.1. The molecule has 0 nitrogen and oxygen atoms in total. The van der Waals surface area contributed by atoms with Gasteiger partial charge in [0.05, 0.1) is 0 Å². The van der Waals surface area contributed by atoms with Gasteiger partial charge in [-0.15, -0.1) is 23.1 Å². The van der Waals surface area contributed by atoms with Crippen LogP contribution >= 0.6 is 23.1 Å².